The largest absolute Gasteiger partial charge is 0.497 e. The van der Waals surface area contributed by atoms with Crippen molar-refractivity contribution in [3.05, 3.63) is 144 Å². The molecule has 0 saturated carbocycles. The maximum atomic E-state index is 17.5. The van der Waals surface area contributed by atoms with E-state index in [2.05, 4.69) is 31.0 Å². The maximum absolute atomic E-state index is 17.5. The Balaban J connectivity index is 1.26. The van der Waals surface area contributed by atoms with Gasteiger partial charge in [0.2, 0.25) is 0 Å². The Kier molecular flexibility index (Phi) is 15.3. The van der Waals surface area contributed by atoms with Crippen LogP contribution in [-0.2, 0) is 30.7 Å². The van der Waals surface area contributed by atoms with E-state index in [4.69, 9.17) is 28.0 Å². The molecule has 0 radical (unpaired) electrons. The van der Waals surface area contributed by atoms with Gasteiger partial charge in [-0.3, -0.25) is 4.79 Å². The second-order valence-corrected chi connectivity index (χ2v) is 17.1. The van der Waals surface area contributed by atoms with Crippen molar-refractivity contribution < 1.29 is 37.2 Å². The summed E-state index contributed by atoms with van der Waals surface area (Å²) in [4.78, 5) is 26.4. The Labute approximate surface area is 374 Å². The molecule has 7 rings (SSSR count). The van der Waals surface area contributed by atoms with Gasteiger partial charge >= 0.3 is 0 Å². The second-order valence-electron chi connectivity index (χ2n) is 15.7. The monoisotopic (exact) mass is 889 g/mol. The number of nitrogens with zero attached hydrogens (tertiary/aromatic N) is 6. The molecule has 3 heterocycles. The first-order valence-electron chi connectivity index (χ1n) is 21.1. The fraction of sp³-hybridized carbons (Fsp3) is 0.354. The summed E-state index contributed by atoms with van der Waals surface area (Å²) < 4.78 is 59.4. The number of nitriles is 1. The minimum absolute atomic E-state index is 0.0107. The molecule has 1 N–H and O–H groups in total. The molecule has 0 aliphatic carbocycles. The van der Waals surface area contributed by atoms with Crippen molar-refractivity contribution >= 4 is 31.4 Å². The van der Waals surface area contributed by atoms with Crippen molar-refractivity contribution in [1.82, 2.24) is 24.2 Å². The van der Waals surface area contributed by atoms with E-state index in [-0.39, 0.29) is 50.0 Å². The van der Waals surface area contributed by atoms with Crippen LogP contribution in [0.5, 0.6) is 11.5 Å². The van der Waals surface area contributed by atoms with Crippen LogP contribution in [0.1, 0.15) is 61.2 Å². The smallest absolute Gasteiger partial charge is 0.259 e. The van der Waals surface area contributed by atoms with E-state index < -0.39 is 38.6 Å². The Hall–Kier alpha value is -5.85. The van der Waals surface area contributed by atoms with E-state index in [0.717, 1.165) is 16.7 Å². The van der Waals surface area contributed by atoms with Gasteiger partial charge in [-0.1, -0.05) is 72.8 Å². The van der Waals surface area contributed by atoms with Crippen LogP contribution in [0.2, 0.25) is 0 Å². The lowest BCUT2D eigenvalue weighted by Crippen LogP contribution is -2.41. The highest BCUT2D eigenvalue weighted by Crippen LogP contribution is 2.50. The number of halogens is 1. The summed E-state index contributed by atoms with van der Waals surface area (Å²) in [5.41, 5.74) is 2.34. The number of hydrogen-bond donors (Lipinski definition) is 1. The van der Waals surface area contributed by atoms with Gasteiger partial charge in [0.05, 0.1) is 52.8 Å². The topological polar surface area (TPSA) is 155 Å². The summed E-state index contributed by atoms with van der Waals surface area (Å²) in [6.45, 7) is 8.05. The number of carbonyl (C=O) groups is 1. The average molecular weight is 890 g/mol. The number of fused-ring (bicyclic) bond motifs is 1. The Morgan fingerprint density at radius 1 is 0.859 bits per heavy atom. The van der Waals surface area contributed by atoms with Gasteiger partial charge in [0, 0.05) is 17.6 Å². The molecular weight excluding hydrogens is 837 g/mol. The summed E-state index contributed by atoms with van der Waals surface area (Å²) in [6.07, 6.45) is -1.91. The zero-order valence-corrected chi connectivity index (χ0v) is 37.6. The van der Waals surface area contributed by atoms with Crippen LogP contribution in [0.25, 0.3) is 11.2 Å². The van der Waals surface area contributed by atoms with Gasteiger partial charge in [-0.2, -0.15) is 5.26 Å². The van der Waals surface area contributed by atoms with Crippen molar-refractivity contribution in [2.75, 3.05) is 32.8 Å². The van der Waals surface area contributed by atoms with Crippen molar-refractivity contribution in [3.8, 4) is 17.6 Å². The van der Waals surface area contributed by atoms with Gasteiger partial charge in [0.25, 0.3) is 14.4 Å². The summed E-state index contributed by atoms with van der Waals surface area (Å²) >= 11 is 0. The van der Waals surface area contributed by atoms with E-state index in [9.17, 15) is 10.1 Å². The van der Waals surface area contributed by atoms with Crippen LogP contribution < -0.4 is 14.8 Å². The normalized spacial score (nSPS) is 18.1. The number of benzene rings is 4. The first-order chi connectivity index (χ1) is 31.1. The zero-order chi connectivity index (χ0) is 45.2. The number of alkyl halides is 1. The zero-order valence-electron chi connectivity index (χ0n) is 36.7. The van der Waals surface area contributed by atoms with Crippen molar-refractivity contribution in [2.24, 2.45) is 0 Å². The predicted octanol–water partition coefficient (Wildman–Crippen LogP) is 8.87. The van der Waals surface area contributed by atoms with Crippen LogP contribution in [0, 0.1) is 11.3 Å². The Morgan fingerprint density at radius 2 is 1.45 bits per heavy atom. The lowest BCUT2D eigenvalue weighted by molar-refractivity contribution is -0.0817. The molecule has 14 nitrogen and oxygen atoms in total. The first kappa shape index (κ1) is 46.2. The minimum atomic E-state index is -1.89. The number of carbonyl (C=O) groups excluding carboxylic acids is 1. The van der Waals surface area contributed by atoms with E-state index in [1.807, 2.05) is 113 Å². The number of aromatic nitrogens is 4. The standard InChI is InChI=1S/C48H53FN7O7P/c1-32(2)56(33(3)4)64(61-27-13-26-50)63-44-41(62-40(42(44)49)28-55-31-53-43-45(51-30-52-46(43)55)54-47(57)34-14-9-7-10-15-34)29-60-48(35-16-11-8-12-17-35,36-18-22-38(58-5)23-19-36)37-20-24-39(59-6)25-21-37/h7-12,14-25,30-33,40-42,44H,13,27-29H2,1-6H3,(H,51,52,54,57)/t40-,41+,42-,44+,64?/m0/s1. The molecule has 1 saturated heterocycles. The summed E-state index contributed by atoms with van der Waals surface area (Å²) in [6, 6.07) is 36.0. The lowest BCUT2D eigenvalue weighted by atomic mass is 9.80. The first-order valence-corrected chi connectivity index (χ1v) is 22.3. The fourth-order valence-corrected chi connectivity index (χ4v) is 9.71. The minimum Gasteiger partial charge on any atom is -0.497 e. The van der Waals surface area contributed by atoms with Crippen LogP contribution in [0.15, 0.2) is 122 Å². The third-order valence-corrected chi connectivity index (χ3v) is 13.1. The van der Waals surface area contributed by atoms with Gasteiger partial charge in [-0.15, -0.1) is 0 Å². The molecule has 6 aromatic rings. The highest BCUT2D eigenvalue weighted by Gasteiger charge is 2.50. The number of anilines is 1. The predicted molar refractivity (Wildman–Crippen MR) is 242 cm³/mol. The molecule has 5 atom stereocenters. The summed E-state index contributed by atoms with van der Waals surface area (Å²) in [5.74, 6) is 1.20. The SMILES string of the molecule is COc1ccc(C(OC[C@H]2O[C@@H](Cn3cnc4c(NC(=O)c5ccccc5)ncnc43)[C@H](F)[C@@H]2OP(OCCC#N)N(C(C)C)C(C)C)(c2ccccc2)c2ccc(OC)cc2)cc1. The summed E-state index contributed by atoms with van der Waals surface area (Å²) in [5, 5.41) is 12.2. The lowest BCUT2D eigenvalue weighted by Gasteiger charge is -2.39. The van der Waals surface area contributed by atoms with Gasteiger partial charge < -0.3 is 37.9 Å². The van der Waals surface area contributed by atoms with Crippen LogP contribution in [-0.4, -0.2) is 94.1 Å². The van der Waals surface area contributed by atoms with Gasteiger partial charge in [-0.25, -0.2) is 24.0 Å². The van der Waals surface area contributed by atoms with Crippen molar-refractivity contribution in [2.45, 2.75) is 82.8 Å². The van der Waals surface area contributed by atoms with E-state index in [1.165, 1.54) is 12.7 Å². The highest BCUT2D eigenvalue weighted by molar-refractivity contribution is 7.44. The van der Waals surface area contributed by atoms with Crippen molar-refractivity contribution in [3.63, 3.8) is 0 Å². The molecule has 64 heavy (non-hydrogen) atoms. The molecule has 1 fully saturated rings. The fourth-order valence-electron chi connectivity index (χ4n) is 7.95. The molecule has 334 valence electrons. The Morgan fingerprint density at radius 3 is 2.03 bits per heavy atom. The molecule has 1 aliphatic rings. The number of imidazole rings is 1. The molecule has 1 aliphatic heterocycles. The third kappa shape index (κ3) is 10.1. The second kappa shape index (κ2) is 21.2. The number of rotatable bonds is 20. The van der Waals surface area contributed by atoms with Crippen LogP contribution in [0.4, 0.5) is 10.2 Å². The van der Waals surface area contributed by atoms with E-state index in [1.54, 1.807) is 43.1 Å². The number of nitrogens with one attached hydrogen (secondary N) is 1. The molecular formula is C48H53FN7O7P. The molecule has 0 spiro atoms. The summed E-state index contributed by atoms with van der Waals surface area (Å²) in [7, 11) is 1.33. The van der Waals surface area contributed by atoms with Crippen LogP contribution >= 0.6 is 8.53 Å². The molecule has 1 amide bonds. The van der Waals surface area contributed by atoms with Gasteiger partial charge in [0.15, 0.2) is 23.2 Å². The van der Waals surface area contributed by atoms with Crippen molar-refractivity contribution in [1.29, 1.82) is 5.26 Å². The molecule has 2 aromatic heterocycles. The van der Waals surface area contributed by atoms with Gasteiger partial charge in [-0.05, 0) is 80.8 Å². The molecule has 1 unspecified atom stereocenters. The van der Waals surface area contributed by atoms with E-state index in [0.29, 0.717) is 28.2 Å². The number of hydrogen-bond acceptors (Lipinski definition) is 12. The highest BCUT2D eigenvalue weighted by atomic mass is 31.2. The Bertz CT molecular complexity index is 2420. The number of amides is 1. The third-order valence-electron chi connectivity index (χ3n) is 10.9. The van der Waals surface area contributed by atoms with E-state index >= 15 is 4.39 Å². The maximum Gasteiger partial charge on any atom is 0.259 e. The number of ether oxygens (including phenoxy) is 4. The average Bonchev–Trinajstić information content (AvgIpc) is 3.86. The molecule has 16 heteroatoms. The van der Waals surface area contributed by atoms with Gasteiger partial charge in [0.1, 0.15) is 41.7 Å². The van der Waals surface area contributed by atoms with Crippen LogP contribution in [0.3, 0.4) is 0 Å². The molecule has 4 aromatic carbocycles. The molecule has 0 bridgehead atoms. The quantitative estimate of drug-likeness (QED) is 0.0442. The number of methoxy groups -OCH3 is 2.